The van der Waals surface area contributed by atoms with Crippen LogP contribution in [0.2, 0.25) is 0 Å². The molecule has 92 valence electrons. The van der Waals surface area contributed by atoms with E-state index in [1.807, 2.05) is 13.8 Å². The van der Waals surface area contributed by atoms with Crippen LogP contribution in [0.15, 0.2) is 0 Å². The molecule has 0 aliphatic carbocycles. The molecule has 2 N–H and O–H groups in total. The highest BCUT2D eigenvalue weighted by atomic mass is 19.4. The van der Waals surface area contributed by atoms with Crippen molar-refractivity contribution in [2.75, 3.05) is 5.73 Å². The Hall–Kier alpha value is -1.27. The molecular weight excluding hydrogens is 221 g/mol. The molecule has 0 unspecified atom stereocenters. The Labute approximate surface area is 91.6 Å². The molecule has 1 aromatic rings. The van der Waals surface area contributed by atoms with E-state index in [-0.39, 0.29) is 18.9 Å². The minimum absolute atomic E-state index is 0.00792. The zero-order valence-electron chi connectivity index (χ0n) is 9.25. The topological polar surface area (TPSA) is 56.7 Å². The van der Waals surface area contributed by atoms with Gasteiger partial charge in [-0.05, 0) is 12.3 Å². The van der Waals surface area contributed by atoms with E-state index in [1.54, 1.807) is 0 Å². The summed E-state index contributed by atoms with van der Waals surface area (Å²) in [5.41, 5.74) is 6.28. The summed E-state index contributed by atoms with van der Waals surface area (Å²) in [7, 11) is 0. The number of nitrogens with two attached hydrogens (primary N) is 1. The maximum absolute atomic E-state index is 12.0. The molecule has 0 aromatic carbocycles. The second kappa shape index (κ2) is 4.71. The van der Waals surface area contributed by atoms with Crippen molar-refractivity contribution >= 4 is 5.82 Å². The molecule has 1 heterocycles. The average Bonchev–Trinajstić information content (AvgIpc) is 2.44. The molecule has 0 aliphatic heterocycles. The summed E-state index contributed by atoms with van der Waals surface area (Å²) in [6.45, 7) is 3.99. The van der Waals surface area contributed by atoms with Crippen LogP contribution in [-0.2, 0) is 6.54 Å². The lowest BCUT2D eigenvalue weighted by molar-refractivity contribution is -0.136. The molecule has 0 saturated heterocycles. The normalized spacial score (nSPS) is 12.4. The van der Waals surface area contributed by atoms with Gasteiger partial charge >= 0.3 is 6.18 Å². The number of aromatic nitrogens is 3. The third kappa shape index (κ3) is 3.39. The quantitative estimate of drug-likeness (QED) is 0.872. The highest BCUT2D eigenvalue weighted by Gasteiger charge is 2.26. The Balaban J connectivity index is 2.61. The molecule has 0 bridgehead atoms. The van der Waals surface area contributed by atoms with Crippen LogP contribution in [0.25, 0.3) is 0 Å². The largest absolute Gasteiger partial charge is 0.389 e. The lowest BCUT2D eigenvalue weighted by Gasteiger charge is -2.10. The molecule has 1 rings (SSSR count). The zero-order valence-corrected chi connectivity index (χ0v) is 9.25. The van der Waals surface area contributed by atoms with Crippen molar-refractivity contribution in [1.29, 1.82) is 0 Å². The van der Waals surface area contributed by atoms with Crippen molar-refractivity contribution in [2.45, 2.75) is 45.3 Å². The van der Waals surface area contributed by atoms with Crippen molar-refractivity contribution in [2.24, 2.45) is 0 Å². The lowest BCUT2D eigenvalue weighted by atomic mass is 10.1. The Morgan fingerprint density at radius 3 is 2.50 bits per heavy atom. The monoisotopic (exact) mass is 236 g/mol. The van der Waals surface area contributed by atoms with Gasteiger partial charge in [-0.2, -0.15) is 13.2 Å². The summed E-state index contributed by atoms with van der Waals surface area (Å²) >= 11 is 0. The van der Waals surface area contributed by atoms with Crippen molar-refractivity contribution in [1.82, 2.24) is 15.0 Å². The van der Waals surface area contributed by atoms with E-state index in [0.29, 0.717) is 11.5 Å². The summed E-state index contributed by atoms with van der Waals surface area (Å²) < 4.78 is 37.3. The zero-order chi connectivity index (χ0) is 12.3. The maximum Gasteiger partial charge on any atom is 0.389 e. The van der Waals surface area contributed by atoms with E-state index in [1.165, 1.54) is 4.68 Å². The SMILES string of the molecule is CC(C)c1c(N)nnn1CCCC(F)(F)F. The molecule has 0 atom stereocenters. The Kier molecular flexibility index (Phi) is 3.77. The summed E-state index contributed by atoms with van der Waals surface area (Å²) in [6, 6.07) is 0. The van der Waals surface area contributed by atoms with Gasteiger partial charge in [-0.25, -0.2) is 4.68 Å². The van der Waals surface area contributed by atoms with Crippen LogP contribution in [-0.4, -0.2) is 21.2 Å². The number of halogens is 3. The first-order valence-electron chi connectivity index (χ1n) is 5.07. The predicted molar refractivity (Wildman–Crippen MR) is 53.8 cm³/mol. The Bertz CT molecular complexity index is 343. The molecule has 0 saturated carbocycles. The molecule has 4 nitrogen and oxygen atoms in total. The van der Waals surface area contributed by atoms with Crippen LogP contribution >= 0.6 is 0 Å². The average molecular weight is 236 g/mol. The summed E-state index contributed by atoms with van der Waals surface area (Å²) in [4.78, 5) is 0. The molecule has 0 aliphatic rings. The second-order valence-electron chi connectivity index (χ2n) is 3.96. The molecular formula is C9H15F3N4. The van der Waals surface area contributed by atoms with Crippen LogP contribution in [0.1, 0.15) is 38.3 Å². The summed E-state index contributed by atoms with van der Waals surface area (Å²) in [6.07, 6.45) is -4.94. The van der Waals surface area contributed by atoms with Gasteiger partial charge in [0.1, 0.15) is 0 Å². The van der Waals surface area contributed by atoms with Gasteiger partial charge in [0.2, 0.25) is 0 Å². The first-order chi connectivity index (χ1) is 7.31. The van der Waals surface area contributed by atoms with Crippen molar-refractivity contribution in [3.8, 4) is 0 Å². The molecule has 1 aromatic heterocycles. The van der Waals surface area contributed by atoms with E-state index in [2.05, 4.69) is 10.3 Å². The number of hydrogen-bond donors (Lipinski definition) is 1. The van der Waals surface area contributed by atoms with Gasteiger partial charge in [0.15, 0.2) is 5.82 Å². The number of alkyl halides is 3. The maximum atomic E-state index is 12.0. The van der Waals surface area contributed by atoms with E-state index in [4.69, 9.17) is 5.73 Å². The number of nitrogens with zero attached hydrogens (tertiary/aromatic N) is 3. The molecule has 16 heavy (non-hydrogen) atoms. The predicted octanol–water partition coefficient (Wildman–Crippen LogP) is 2.33. The number of nitrogen functional groups attached to an aromatic ring is 1. The Morgan fingerprint density at radius 2 is 2.00 bits per heavy atom. The van der Waals surface area contributed by atoms with Gasteiger partial charge in [0.25, 0.3) is 0 Å². The first-order valence-corrected chi connectivity index (χ1v) is 5.07. The van der Waals surface area contributed by atoms with Gasteiger partial charge in [0, 0.05) is 13.0 Å². The van der Waals surface area contributed by atoms with Gasteiger partial charge in [0.05, 0.1) is 5.69 Å². The molecule has 0 spiro atoms. The highest BCUT2D eigenvalue weighted by molar-refractivity contribution is 5.34. The minimum Gasteiger partial charge on any atom is -0.381 e. The van der Waals surface area contributed by atoms with Crippen LogP contribution < -0.4 is 5.73 Å². The Morgan fingerprint density at radius 1 is 1.38 bits per heavy atom. The molecule has 0 fully saturated rings. The summed E-state index contributed by atoms with van der Waals surface area (Å²) in [5, 5.41) is 7.39. The third-order valence-electron chi connectivity index (χ3n) is 2.18. The van der Waals surface area contributed by atoms with E-state index < -0.39 is 12.6 Å². The van der Waals surface area contributed by atoms with E-state index in [9.17, 15) is 13.2 Å². The van der Waals surface area contributed by atoms with E-state index >= 15 is 0 Å². The van der Waals surface area contributed by atoms with Gasteiger partial charge < -0.3 is 5.73 Å². The number of aryl methyl sites for hydroxylation is 1. The highest BCUT2D eigenvalue weighted by Crippen LogP contribution is 2.23. The molecule has 0 amide bonds. The standard InChI is InChI=1S/C9H15F3N4/c1-6(2)7-8(13)14-15-16(7)5-3-4-9(10,11)12/h6H,3-5,13H2,1-2H3. The van der Waals surface area contributed by atoms with Crippen molar-refractivity contribution in [3.05, 3.63) is 5.69 Å². The van der Waals surface area contributed by atoms with Crippen LogP contribution in [0.4, 0.5) is 19.0 Å². The minimum atomic E-state index is -4.12. The van der Waals surface area contributed by atoms with Gasteiger partial charge in [-0.15, -0.1) is 5.10 Å². The van der Waals surface area contributed by atoms with Crippen LogP contribution in [0.3, 0.4) is 0 Å². The van der Waals surface area contributed by atoms with Crippen LogP contribution in [0.5, 0.6) is 0 Å². The van der Waals surface area contributed by atoms with Crippen LogP contribution in [0, 0.1) is 0 Å². The lowest BCUT2D eigenvalue weighted by Crippen LogP contribution is -2.12. The first kappa shape index (κ1) is 12.8. The number of hydrogen-bond acceptors (Lipinski definition) is 3. The van der Waals surface area contributed by atoms with E-state index in [0.717, 1.165) is 0 Å². The fourth-order valence-corrected chi connectivity index (χ4v) is 1.52. The second-order valence-corrected chi connectivity index (χ2v) is 3.96. The smallest absolute Gasteiger partial charge is 0.381 e. The van der Waals surface area contributed by atoms with Crippen molar-refractivity contribution < 1.29 is 13.2 Å². The van der Waals surface area contributed by atoms with Gasteiger partial charge in [-0.1, -0.05) is 19.1 Å². The molecule has 7 heteroatoms. The third-order valence-corrected chi connectivity index (χ3v) is 2.18. The fraction of sp³-hybridized carbons (Fsp3) is 0.778. The van der Waals surface area contributed by atoms with Gasteiger partial charge in [-0.3, -0.25) is 0 Å². The van der Waals surface area contributed by atoms with Crippen molar-refractivity contribution in [3.63, 3.8) is 0 Å². The summed E-state index contributed by atoms with van der Waals surface area (Å²) in [5.74, 6) is 0.392. The molecule has 0 radical (unpaired) electrons. The number of rotatable bonds is 4. The fourth-order valence-electron chi connectivity index (χ4n) is 1.52. The number of anilines is 1.